The average molecular weight is 235 g/mol. The Bertz CT molecular complexity index is 464. The molecule has 0 fully saturated rings. The lowest BCUT2D eigenvalue weighted by Gasteiger charge is -2.09. The first-order valence-electron chi connectivity index (χ1n) is 5.01. The highest BCUT2D eigenvalue weighted by Crippen LogP contribution is 2.26. The molecule has 84 valence electrons. The monoisotopic (exact) mass is 235 g/mol. The molecular weight excluding hydrogens is 222 g/mol. The van der Waals surface area contributed by atoms with Gasteiger partial charge in [0, 0.05) is 5.56 Å². The molecule has 0 radical (unpaired) electrons. The molecule has 1 aromatic heterocycles. The molecule has 2 rings (SSSR count). The zero-order chi connectivity index (χ0) is 11.5. The third kappa shape index (κ3) is 2.49. The Kier molecular flexibility index (Phi) is 3.05. The van der Waals surface area contributed by atoms with Gasteiger partial charge in [0.05, 0.1) is 6.10 Å². The summed E-state index contributed by atoms with van der Waals surface area (Å²) >= 11 is 1.38. The summed E-state index contributed by atoms with van der Waals surface area (Å²) in [6.45, 7) is 4.00. The second kappa shape index (κ2) is 4.49. The number of nitrogens with two attached hydrogens (primary N) is 1. The van der Waals surface area contributed by atoms with Gasteiger partial charge in [-0.05, 0) is 38.1 Å². The summed E-state index contributed by atoms with van der Waals surface area (Å²) in [6.07, 6.45) is 0.183. The number of ether oxygens (including phenoxy) is 1. The van der Waals surface area contributed by atoms with Crippen molar-refractivity contribution in [3.05, 3.63) is 24.3 Å². The van der Waals surface area contributed by atoms with Crippen LogP contribution in [0.15, 0.2) is 24.3 Å². The zero-order valence-electron chi connectivity index (χ0n) is 9.18. The van der Waals surface area contributed by atoms with Gasteiger partial charge >= 0.3 is 0 Å². The van der Waals surface area contributed by atoms with Crippen molar-refractivity contribution in [2.24, 2.45) is 0 Å². The lowest BCUT2D eigenvalue weighted by atomic mass is 10.2. The molecule has 0 amide bonds. The van der Waals surface area contributed by atoms with E-state index in [1.165, 1.54) is 11.3 Å². The molecule has 0 atom stereocenters. The van der Waals surface area contributed by atoms with E-state index >= 15 is 0 Å². The average Bonchev–Trinajstić information content (AvgIpc) is 2.65. The molecule has 0 unspecified atom stereocenters. The second-order valence-corrected chi connectivity index (χ2v) is 4.65. The van der Waals surface area contributed by atoms with Crippen LogP contribution in [0.2, 0.25) is 0 Å². The van der Waals surface area contributed by atoms with E-state index in [4.69, 9.17) is 10.5 Å². The Morgan fingerprint density at radius 1 is 1.19 bits per heavy atom. The molecular formula is C11H13N3OS. The van der Waals surface area contributed by atoms with Crippen LogP contribution >= 0.6 is 11.3 Å². The van der Waals surface area contributed by atoms with E-state index < -0.39 is 0 Å². The van der Waals surface area contributed by atoms with Crippen LogP contribution in [0.5, 0.6) is 5.75 Å². The maximum atomic E-state index is 5.55. The maximum absolute atomic E-state index is 5.55. The minimum Gasteiger partial charge on any atom is -0.491 e. The van der Waals surface area contributed by atoms with Gasteiger partial charge in [0.25, 0.3) is 0 Å². The molecule has 1 heterocycles. The minimum absolute atomic E-state index is 0.183. The van der Waals surface area contributed by atoms with Crippen LogP contribution in [0, 0.1) is 0 Å². The molecule has 0 aliphatic rings. The van der Waals surface area contributed by atoms with Gasteiger partial charge in [0.15, 0.2) is 0 Å². The highest BCUT2D eigenvalue weighted by Gasteiger charge is 2.04. The molecule has 0 aliphatic carbocycles. The summed E-state index contributed by atoms with van der Waals surface area (Å²) < 4.78 is 5.55. The van der Waals surface area contributed by atoms with Gasteiger partial charge < -0.3 is 10.5 Å². The number of nitrogen functional groups attached to an aromatic ring is 1. The highest BCUT2D eigenvalue weighted by atomic mass is 32.1. The summed E-state index contributed by atoms with van der Waals surface area (Å²) in [4.78, 5) is 0. The highest BCUT2D eigenvalue weighted by molar-refractivity contribution is 7.18. The maximum Gasteiger partial charge on any atom is 0.203 e. The number of nitrogens with zero attached hydrogens (tertiary/aromatic N) is 2. The summed E-state index contributed by atoms with van der Waals surface area (Å²) in [7, 11) is 0. The molecule has 2 N–H and O–H groups in total. The van der Waals surface area contributed by atoms with Gasteiger partial charge in [-0.15, -0.1) is 10.2 Å². The Morgan fingerprint density at radius 2 is 1.88 bits per heavy atom. The largest absolute Gasteiger partial charge is 0.491 e. The molecule has 0 bridgehead atoms. The predicted molar refractivity (Wildman–Crippen MR) is 65.5 cm³/mol. The van der Waals surface area contributed by atoms with Crippen molar-refractivity contribution < 1.29 is 4.74 Å². The fraction of sp³-hybridized carbons (Fsp3) is 0.273. The predicted octanol–water partition coefficient (Wildman–Crippen LogP) is 2.57. The first-order chi connectivity index (χ1) is 7.65. The Morgan fingerprint density at radius 3 is 2.38 bits per heavy atom. The van der Waals surface area contributed by atoms with Gasteiger partial charge in [-0.25, -0.2) is 0 Å². The van der Waals surface area contributed by atoms with Crippen molar-refractivity contribution >= 4 is 16.5 Å². The van der Waals surface area contributed by atoms with Crippen molar-refractivity contribution in [2.75, 3.05) is 5.73 Å². The molecule has 0 saturated heterocycles. The second-order valence-electron chi connectivity index (χ2n) is 3.64. The zero-order valence-corrected chi connectivity index (χ0v) is 9.99. The van der Waals surface area contributed by atoms with E-state index in [9.17, 15) is 0 Å². The quantitative estimate of drug-likeness (QED) is 0.888. The first-order valence-corrected chi connectivity index (χ1v) is 5.83. The number of aromatic nitrogens is 2. The van der Waals surface area contributed by atoms with E-state index in [1.54, 1.807) is 0 Å². The van der Waals surface area contributed by atoms with Gasteiger partial charge in [-0.2, -0.15) is 0 Å². The van der Waals surface area contributed by atoms with E-state index in [-0.39, 0.29) is 6.10 Å². The van der Waals surface area contributed by atoms with Crippen molar-refractivity contribution in [1.82, 2.24) is 10.2 Å². The lowest BCUT2D eigenvalue weighted by molar-refractivity contribution is 0.242. The number of benzene rings is 1. The smallest absolute Gasteiger partial charge is 0.203 e. The van der Waals surface area contributed by atoms with Crippen molar-refractivity contribution in [3.8, 4) is 16.3 Å². The number of anilines is 1. The van der Waals surface area contributed by atoms with E-state index in [0.29, 0.717) is 5.13 Å². The third-order valence-corrected chi connectivity index (χ3v) is 2.72. The van der Waals surface area contributed by atoms with Crippen LogP contribution < -0.4 is 10.5 Å². The first kappa shape index (κ1) is 10.9. The molecule has 0 spiro atoms. The molecule has 5 heteroatoms. The molecule has 0 saturated carbocycles. The van der Waals surface area contributed by atoms with Gasteiger partial charge in [0.2, 0.25) is 5.13 Å². The molecule has 2 aromatic rings. The topological polar surface area (TPSA) is 61.0 Å². The number of hydrogen-bond donors (Lipinski definition) is 1. The van der Waals surface area contributed by atoms with Crippen LogP contribution in [0.25, 0.3) is 10.6 Å². The fourth-order valence-corrected chi connectivity index (χ4v) is 1.91. The minimum atomic E-state index is 0.183. The Balaban J connectivity index is 2.19. The summed E-state index contributed by atoms with van der Waals surface area (Å²) in [6, 6.07) is 7.76. The molecule has 0 aliphatic heterocycles. The van der Waals surface area contributed by atoms with Crippen LogP contribution in [0.4, 0.5) is 5.13 Å². The standard InChI is InChI=1S/C11H13N3OS/c1-7(2)15-9-5-3-8(4-6-9)10-13-14-11(12)16-10/h3-7H,1-2H3,(H2,12,14). The van der Waals surface area contributed by atoms with Crippen LogP contribution in [-0.4, -0.2) is 16.3 Å². The van der Waals surface area contributed by atoms with Crippen molar-refractivity contribution in [2.45, 2.75) is 20.0 Å². The summed E-state index contributed by atoms with van der Waals surface area (Å²) in [5, 5.41) is 9.07. The van der Waals surface area contributed by atoms with Crippen LogP contribution in [0.1, 0.15) is 13.8 Å². The lowest BCUT2D eigenvalue weighted by Crippen LogP contribution is -2.05. The normalized spacial score (nSPS) is 10.7. The number of rotatable bonds is 3. The fourth-order valence-electron chi connectivity index (χ4n) is 1.30. The van der Waals surface area contributed by atoms with E-state index in [0.717, 1.165) is 16.3 Å². The Labute approximate surface area is 98.1 Å². The van der Waals surface area contributed by atoms with Crippen LogP contribution in [-0.2, 0) is 0 Å². The molecule has 1 aromatic carbocycles. The number of hydrogen-bond acceptors (Lipinski definition) is 5. The van der Waals surface area contributed by atoms with Crippen LogP contribution in [0.3, 0.4) is 0 Å². The SMILES string of the molecule is CC(C)Oc1ccc(-c2nnc(N)s2)cc1. The van der Waals surface area contributed by atoms with Gasteiger partial charge in [0.1, 0.15) is 10.8 Å². The van der Waals surface area contributed by atoms with E-state index in [1.807, 2.05) is 38.1 Å². The summed E-state index contributed by atoms with van der Waals surface area (Å²) in [5.74, 6) is 0.858. The van der Waals surface area contributed by atoms with E-state index in [2.05, 4.69) is 10.2 Å². The molecule has 4 nitrogen and oxygen atoms in total. The van der Waals surface area contributed by atoms with Gasteiger partial charge in [-0.1, -0.05) is 11.3 Å². The third-order valence-electron chi connectivity index (χ3n) is 1.91. The summed E-state index contributed by atoms with van der Waals surface area (Å²) in [5.41, 5.74) is 6.54. The molecule has 16 heavy (non-hydrogen) atoms. The van der Waals surface area contributed by atoms with Crippen molar-refractivity contribution in [1.29, 1.82) is 0 Å². The van der Waals surface area contributed by atoms with Crippen molar-refractivity contribution in [3.63, 3.8) is 0 Å². The Hall–Kier alpha value is -1.62. The van der Waals surface area contributed by atoms with Gasteiger partial charge in [-0.3, -0.25) is 0 Å².